The summed E-state index contributed by atoms with van der Waals surface area (Å²) in [6.45, 7) is 8.42. The van der Waals surface area contributed by atoms with Gasteiger partial charge in [0, 0.05) is 57.9 Å². The molecule has 0 aromatic carbocycles. The molecule has 0 bridgehead atoms. The molecule has 18 heavy (non-hydrogen) atoms. The second kappa shape index (κ2) is 15.9. The average molecular weight is 254 g/mol. The van der Waals surface area contributed by atoms with Gasteiger partial charge >= 0.3 is 0 Å². The van der Waals surface area contributed by atoms with Crippen LogP contribution in [0.15, 0.2) is 15.0 Å². The minimum absolute atomic E-state index is 0.666. The maximum absolute atomic E-state index is 5.34. The lowest BCUT2D eigenvalue weighted by Gasteiger charge is -1.99. The second-order valence-electron chi connectivity index (χ2n) is 3.53. The minimum Gasteiger partial charge on any atom is -0.329 e. The van der Waals surface area contributed by atoms with Crippen molar-refractivity contribution in [1.82, 2.24) is 10.6 Å². The van der Waals surface area contributed by atoms with E-state index in [4.69, 9.17) is 5.73 Å². The van der Waals surface area contributed by atoms with E-state index in [2.05, 4.69) is 25.6 Å². The number of nitrogens with zero attached hydrogens (tertiary/aromatic N) is 3. The molecule has 0 spiro atoms. The zero-order valence-electron chi connectivity index (χ0n) is 11.3. The van der Waals surface area contributed by atoms with E-state index in [1.165, 1.54) is 0 Å². The number of rotatable bonds is 12. The summed E-state index contributed by atoms with van der Waals surface area (Å²) in [5.74, 6) is 0. The van der Waals surface area contributed by atoms with E-state index < -0.39 is 0 Å². The van der Waals surface area contributed by atoms with Crippen molar-refractivity contribution in [2.45, 2.75) is 6.92 Å². The zero-order chi connectivity index (χ0) is 13.3. The van der Waals surface area contributed by atoms with Gasteiger partial charge in [0.2, 0.25) is 0 Å². The van der Waals surface area contributed by atoms with Crippen LogP contribution in [-0.2, 0) is 0 Å². The Labute approximate surface area is 110 Å². The molecule has 4 N–H and O–H groups in total. The van der Waals surface area contributed by atoms with E-state index in [9.17, 15) is 0 Å². The van der Waals surface area contributed by atoms with Crippen molar-refractivity contribution >= 4 is 18.6 Å². The second-order valence-corrected chi connectivity index (χ2v) is 3.53. The summed E-state index contributed by atoms with van der Waals surface area (Å²) in [4.78, 5) is 12.5. The lowest BCUT2D eigenvalue weighted by Crippen LogP contribution is -2.24. The molecular formula is C12H26N6. The summed E-state index contributed by atoms with van der Waals surface area (Å²) in [6.07, 6.45) is 5.36. The largest absolute Gasteiger partial charge is 0.329 e. The Bertz CT molecular complexity index is 237. The maximum Gasteiger partial charge on any atom is 0.0514 e. The van der Waals surface area contributed by atoms with Crippen LogP contribution in [0.1, 0.15) is 6.92 Å². The number of nitrogens with one attached hydrogen (secondary N) is 2. The van der Waals surface area contributed by atoms with E-state index in [-0.39, 0.29) is 0 Å². The van der Waals surface area contributed by atoms with Crippen LogP contribution < -0.4 is 16.4 Å². The van der Waals surface area contributed by atoms with Crippen molar-refractivity contribution in [3.05, 3.63) is 0 Å². The van der Waals surface area contributed by atoms with Gasteiger partial charge in [0.25, 0.3) is 0 Å². The van der Waals surface area contributed by atoms with Crippen LogP contribution in [0.4, 0.5) is 0 Å². The molecule has 6 nitrogen and oxygen atoms in total. The standard InChI is InChI=1S/C12H26N6/c1-2-14-5-6-16-9-10-18-12-11-17-8-7-15-4-3-13/h5-6,8,15,18H,2-4,7,9-13H2,1H3. The van der Waals surface area contributed by atoms with Crippen LogP contribution in [0.25, 0.3) is 0 Å². The average Bonchev–Trinajstić information content (AvgIpc) is 2.39. The van der Waals surface area contributed by atoms with Gasteiger partial charge in [0.1, 0.15) is 0 Å². The predicted molar refractivity (Wildman–Crippen MR) is 80.5 cm³/mol. The first kappa shape index (κ1) is 16.9. The number of hydrogen-bond donors (Lipinski definition) is 3. The Kier molecular flexibility index (Phi) is 14.9. The quantitative estimate of drug-likeness (QED) is 0.320. The van der Waals surface area contributed by atoms with E-state index >= 15 is 0 Å². The van der Waals surface area contributed by atoms with Gasteiger partial charge in [-0.25, -0.2) is 0 Å². The monoisotopic (exact) mass is 254 g/mol. The van der Waals surface area contributed by atoms with Crippen molar-refractivity contribution in [2.75, 3.05) is 52.4 Å². The van der Waals surface area contributed by atoms with Gasteiger partial charge in [-0.1, -0.05) is 0 Å². The van der Waals surface area contributed by atoms with Gasteiger partial charge < -0.3 is 16.4 Å². The van der Waals surface area contributed by atoms with Crippen molar-refractivity contribution < 1.29 is 0 Å². The third-order valence-corrected chi connectivity index (χ3v) is 1.98. The van der Waals surface area contributed by atoms with E-state index in [1.54, 1.807) is 12.4 Å². The van der Waals surface area contributed by atoms with Crippen LogP contribution in [-0.4, -0.2) is 71.0 Å². The summed E-state index contributed by atoms with van der Waals surface area (Å²) in [6, 6.07) is 0. The molecule has 0 amide bonds. The van der Waals surface area contributed by atoms with Crippen LogP contribution in [0.3, 0.4) is 0 Å². The fraction of sp³-hybridized carbons (Fsp3) is 0.750. The Morgan fingerprint density at radius 3 is 2.39 bits per heavy atom. The zero-order valence-corrected chi connectivity index (χ0v) is 11.3. The molecule has 0 aliphatic carbocycles. The molecule has 6 heteroatoms. The van der Waals surface area contributed by atoms with E-state index in [0.717, 1.165) is 45.8 Å². The third-order valence-electron chi connectivity index (χ3n) is 1.98. The summed E-state index contributed by atoms with van der Waals surface area (Å²) in [7, 11) is 0. The summed E-state index contributed by atoms with van der Waals surface area (Å²) in [5, 5.41) is 6.41. The number of nitrogens with two attached hydrogens (primary N) is 1. The predicted octanol–water partition coefficient (Wildman–Crippen LogP) is -0.643. The first-order valence-corrected chi connectivity index (χ1v) is 6.49. The van der Waals surface area contributed by atoms with Crippen LogP contribution >= 0.6 is 0 Å². The molecule has 0 rings (SSSR count). The Hall–Kier alpha value is -1.11. The Morgan fingerprint density at radius 1 is 0.944 bits per heavy atom. The summed E-state index contributed by atoms with van der Waals surface area (Å²) < 4.78 is 0. The lowest BCUT2D eigenvalue weighted by molar-refractivity contribution is 0.697. The van der Waals surface area contributed by atoms with Gasteiger partial charge in [-0.05, 0) is 6.92 Å². The van der Waals surface area contributed by atoms with Crippen molar-refractivity contribution in [3.63, 3.8) is 0 Å². The highest BCUT2D eigenvalue weighted by Gasteiger charge is 1.84. The number of aliphatic imine (C=N–C) groups is 3. The lowest BCUT2D eigenvalue weighted by atomic mass is 10.5. The van der Waals surface area contributed by atoms with Crippen LogP contribution in [0.5, 0.6) is 0 Å². The van der Waals surface area contributed by atoms with Crippen LogP contribution in [0.2, 0.25) is 0 Å². The van der Waals surface area contributed by atoms with Gasteiger partial charge in [0.05, 0.1) is 13.1 Å². The minimum atomic E-state index is 0.666. The highest BCUT2D eigenvalue weighted by molar-refractivity contribution is 6.15. The molecule has 0 aromatic heterocycles. The van der Waals surface area contributed by atoms with Gasteiger partial charge in [-0.3, -0.25) is 15.0 Å². The van der Waals surface area contributed by atoms with Crippen molar-refractivity contribution in [2.24, 2.45) is 20.7 Å². The topological polar surface area (TPSA) is 87.2 Å². The van der Waals surface area contributed by atoms with Crippen molar-refractivity contribution in [3.8, 4) is 0 Å². The molecule has 0 radical (unpaired) electrons. The Balaban J connectivity index is 3.15. The molecule has 0 aliphatic rings. The molecule has 0 aliphatic heterocycles. The maximum atomic E-state index is 5.34. The first-order valence-electron chi connectivity index (χ1n) is 6.49. The molecule has 0 saturated heterocycles. The first-order chi connectivity index (χ1) is 8.91. The molecule has 0 atom stereocenters. The number of hydrogen-bond acceptors (Lipinski definition) is 6. The fourth-order valence-electron chi connectivity index (χ4n) is 1.11. The molecule has 0 aromatic rings. The SMILES string of the molecule is CCN=CC=NCCNCCN=CCNCCN. The molecular weight excluding hydrogens is 228 g/mol. The van der Waals surface area contributed by atoms with Crippen molar-refractivity contribution in [1.29, 1.82) is 0 Å². The summed E-state index contributed by atoms with van der Waals surface area (Å²) in [5.41, 5.74) is 5.34. The molecule has 0 fully saturated rings. The fourth-order valence-corrected chi connectivity index (χ4v) is 1.11. The van der Waals surface area contributed by atoms with E-state index in [0.29, 0.717) is 6.54 Å². The smallest absolute Gasteiger partial charge is 0.0514 e. The van der Waals surface area contributed by atoms with Gasteiger partial charge in [-0.15, -0.1) is 0 Å². The molecule has 0 heterocycles. The van der Waals surface area contributed by atoms with Gasteiger partial charge in [-0.2, -0.15) is 0 Å². The molecule has 104 valence electrons. The highest BCUT2D eigenvalue weighted by atomic mass is 14.9. The van der Waals surface area contributed by atoms with Crippen LogP contribution in [0, 0.1) is 0 Å². The van der Waals surface area contributed by atoms with E-state index in [1.807, 2.05) is 13.1 Å². The third kappa shape index (κ3) is 14.9. The summed E-state index contributed by atoms with van der Waals surface area (Å²) >= 11 is 0. The Morgan fingerprint density at radius 2 is 1.67 bits per heavy atom. The highest BCUT2D eigenvalue weighted by Crippen LogP contribution is 1.69. The van der Waals surface area contributed by atoms with Gasteiger partial charge in [0.15, 0.2) is 0 Å². The normalized spacial score (nSPS) is 12.3. The molecule has 0 saturated carbocycles. The molecule has 0 unspecified atom stereocenters.